The van der Waals surface area contributed by atoms with Crippen molar-refractivity contribution in [2.45, 2.75) is 40.2 Å². The second kappa shape index (κ2) is 7.89. The summed E-state index contributed by atoms with van der Waals surface area (Å²) < 4.78 is 0. The molecule has 2 heteroatoms. The molecule has 0 atom stereocenters. The van der Waals surface area contributed by atoms with Gasteiger partial charge in [0.25, 0.3) is 0 Å². The van der Waals surface area contributed by atoms with E-state index in [9.17, 15) is 0 Å². The third kappa shape index (κ3) is 5.33. The molecule has 0 aliphatic rings. The predicted octanol–water partition coefficient (Wildman–Crippen LogP) is 3.62. The maximum absolute atomic E-state index is 8.71. The van der Waals surface area contributed by atoms with Crippen LogP contribution in [0, 0.1) is 17.2 Å². The van der Waals surface area contributed by atoms with Crippen LogP contribution in [0.3, 0.4) is 0 Å². The number of nitrogens with zero attached hydrogens (tertiary/aromatic N) is 2. The van der Waals surface area contributed by atoms with Crippen LogP contribution in [0.2, 0.25) is 0 Å². The quantitative estimate of drug-likeness (QED) is 0.732. The van der Waals surface area contributed by atoms with Gasteiger partial charge in [0.15, 0.2) is 0 Å². The second-order valence-corrected chi connectivity index (χ2v) is 5.21. The van der Waals surface area contributed by atoms with E-state index in [0.717, 1.165) is 26.1 Å². The van der Waals surface area contributed by atoms with Gasteiger partial charge in [-0.1, -0.05) is 45.0 Å². The van der Waals surface area contributed by atoms with E-state index in [1.165, 1.54) is 11.1 Å². The molecule has 0 spiro atoms. The van der Waals surface area contributed by atoms with Crippen molar-refractivity contribution < 1.29 is 0 Å². The molecule has 0 amide bonds. The van der Waals surface area contributed by atoms with Crippen LogP contribution in [-0.4, -0.2) is 18.0 Å². The molecule has 1 aromatic rings. The topological polar surface area (TPSA) is 27.0 Å². The van der Waals surface area contributed by atoms with Crippen LogP contribution in [-0.2, 0) is 13.0 Å². The van der Waals surface area contributed by atoms with Gasteiger partial charge in [-0.2, -0.15) is 5.26 Å². The highest BCUT2D eigenvalue weighted by Gasteiger charge is 2.07. The third-order valence-corrected chi connectivity index (χ3v) is 3.00. The summed E-state index contributed by atoms with van der Waals surface area (Å²) in [6, 6.07) is 11.1. The number of hydrogen-bond donors (Lipinski definition) is 0. The molecule has 18 heavy (non-hydrogen) atoms. The minimum absolute atomic E-state index is 0.611. The molecule has 2 nitrogen and oxygen atoms in total. The number of aryl methyl sites for hydroxylation is 1. The summed E-state index contributed by atoms with van der Waals surface area (Å²) in [4.78, 5) is 2.37. The van der Waals surface area contributed by atoms with Crippen LogP contribution >= 0.6 is 0 Å². The molecule has 98 valence electrons. The van der Waals surface area contributed by atoms with Crippen LogP contribution in [0.15, 0.2) is 24.3 Å². The van der Waals surface area contributed by atoms with Gasteiger partial charge >= 0.3 is 0 Å². The van der Waals surface area contributed by atoms with Crippen molar-refractivity contribution in [3.05, 3.63) is 35.4 Å². The van der Waals surface area contributed by atoms with E-state index < -0.39 is 0 Å². The average Bonchev–Trinajstić information content (AvgIpc) is 2.36. The summed E-state index contributed by atoms with van der Waals surface area (Å²) >= 11 is 0. The molecule has 0 saturated heterocycles. The lowest BCUT2D eigenvalue weighted by Gasteiger charge is -2.23. The molecule has 0 N–H and O–H groups in total. The van der Waals surface area contributed by atoms with E-state index in [0.29, 0.717) is 12.3 Å². The summed E-state index contributed by atoms with van der Waals surface area (Å²) in [6.45, 7) is 9.48. The Hall–Kier alpha value is -1.33. The Bertz CT molecular complexity index is 373. The fraction of sp³-hybridized carbons (Fsp3) is 0.562. The SMILES string of the molecule is CCc1ccc(CN(CCC#N)CC(C)C)cc1. The molecule has 0 aliphatic heterocycles. The number of benzene rings is 1. The van der Waals surface area contributed by atoms with Crippen LogP contribution < -0.4 is 0 Å². The highest BCUT2D eigenvalue weighted by atomic mass is 15.1. The lowest BCUT2D eigenvalue weighted by molar-refractivity contribution is 0.241. The molecular weight excluding hydrogens is 220 g/mol. The van der Waals surface area contributed by atoms with Crippen molar-refractivity contribution >= 4 is 0 Å². The lowest BCUT2D eigenvalue weighted by atomic mass is 10.1. The summed E-state index contributed by atoms with van der Waals surface area (Å²) in [5, 5.41) is 8.71. The second-order valence-electron chi connectivity index (χ2n) is 5.21. The van der Waals surface area contributed by atoms with Crippen molar-refractivity contribution in [1.29, 1.82) is 5.26 Å². The summed E-state index contributed by atoms with van der Waals surface area (Å²) in [5.74, 6) is 0.638. The molecule has 0 radical (unpaired) electrons. The third-order valence-electron chi connectivity index (χ3n) is 3.00. The predicted molar refractivity (Wildman–Crippen MR) is 76.2 cm³/mol. The van der Waals surface area contributed by atoms with Crippen molar-refractivity contribution in [2.75, 3.05) is 13.1 Å². The van der Waals surface area contributed by atoms with E-state index in [1.54, 1.807) is 0 Å². The first-order valence-electron chi connectivity index (χ1n) is 6.82. The van der Waals surface area contributed by atoms with E-state index in [1.807, 2.05) is 0 Å². The lowest BCUT2D eigenvalue weighted by Crippen LogP contribution is -2.28. The highest BCUT2D eigenvalue weighted by Crippen LogP contribution is 2.10. The van der Waals surface area contributed by atoms with Crippen molar-refractivity contribution in [2.24, 2.45) is 5.92 Å². The standard InChI is InChI=1S/C16H24N2/c1-4-15-6-8-16(9-7-15)13-18(11-5-10-17)12-14(2)3/h6-9,14H,4-5,11-13H2,1-3H3. The van der Waals surface area contributed by atoms with Gasteiger partial charge in [-0.15, -0.1) is 0 Å². The Kier molecular flexibility index (Phi) is 6.46. The molecule has 0 saturated carbocycles. The van der Waals surface area contributed by atoms with Gasteiger partial charge < -0.3 is 0 Å². The molecule has 0 unspecified atom stereocenters. The van der Waals surface area contributed by atoms with E-state index in [-0.39, 0.29) is 0 Å². The van der Waals surface area contributed by atoms with Gasteiger partial charge in [0.1, 0.15) is 0 Å². The first kappa shape index (κ1) is 14.7. The maximum atomic E-state index is 8.71. The van der Waals surface area contributed by atoms with Crippen LogP contribution in [0.5, 0.6) is 0 Å². The Morgan fingerprint density at radius 3 is 2.28 bits per heavy atom. The van der Waals surface area contributed by atoms with Gasteiger partial charge in [0, 0.05) is 26.1 Å². The van der Waals surface area contributed by atoms with Gasteiger partial charge in [-0.25, -0.2) is 0 Å². The summed E-state index contributed by atoms with van der Waals surface area (Å²) in [5.41, 5.74) is 2.72. The Labute approximate surface area is 111 Å². The largest absolute Gasteiger partial charge is 0.298 e. The fourth-order valence-electron chi connectivity index (χ4n) is 2.10. The van der Waals surface area contributed by atoms with Crippen molar-refractivity contribution in [3.8, 4) is 6.07 Å². The number of rotatable bonds is 7. The zero-order valence-electron chi connectivity index (χ0n) is 11.8. The van der Waals surface area contributed by atoms with E-state index in [2.05, 4.69) is 56.0 Å². The Morgan fingerprint density at radius 2 is 1.78 bits per heavy atom. The number of hydrogen-bond acceptors (Lipinski definition) is 2. The Balaban J connectivity index is 2.60. The smallest absolute Gasteiger partial charge is 0.0635 e. The highest BCUT2D eigenvalue weighted by molar-refractivity contribution is 5.22. The maximum Gasteiger partial charge on any atom is 0.0635 e. The minimum Gasteiger partial charge on any atom is -0.298 e. The summed E-state index contributed by atoms with van der Waals surface area (Å²) in [6.07, 6.45) is 1.70. The van der Waals surface area contributed by atoms with Crippen molar-refractivity contribution in [3.63, 3.8) is 0 Å². The molecule has 0 bridgehead atoms. The van der Waals surface area contributed by atoms with E-state index >= 15 is 0 Å². The molecular formula is C16H24N2. The summed E-state index contributed by atoms with van der Waals surface area (Å²) in [7, 11) is 0. The molecule has 1 aromatic carbocycles. The molecule has 0 aliphatic carbocycles. The van der Waals surface area contributed by atoms with Gasteiger partial charge in [0.05, 0.1) is 6.07 Å². The number of nitriles is 1. The van der Waals surface area contributed by atoms with Crippen LogP contribution in [0.4, 0.5) is 0 Å². The van der Waals surface area contributed by atoms with Gasteiger partial charge in [0.2, 0.25) is 0 Å². The molecule has 0 fully saturated rings. The molecule has 0 heterocycles. The Morgan fingerprint density at radius 1 is 1.17 bits per heavy atom. The first-order chi connectivity index (χ1) is 8.65. The average molecular weight is 244 g/mol. The van der Waals surface area contributed by atoms with Crippen LogP contribution in [0.25, 0.3) is 0 Å². The zero-order chi connectivity index (χ0) is 13.4. The molecule has 1 rings (SSSR count). The normalized spacial score (nSPS) is 10.9. The monoisotopic (exact) mass is 244 g/mol. The first-order valence-corrected chi connectivity index (χ1v) is 6.82. The van der Waals surface area contributed by atoms with Crippen LogP contribution in [0.1, 0.15) is 38.3 Å². The van der Waals surface area contributed by atoms with Gasteiger partial charge in [-0.05, 0) is 23.5 Å². The molecule has 0 aromatic heterocycles. The van der Waals surface area contributed by atoms with E-state index in [4.69, 9.17) is 5.26 Å². The fourth-order valence-corrected chi connectivity index (χ4v) is 2.10. The minimum atomic E-state index is 0.611. The zero-order valence-corrected chi connectivity index (χ0v) is 11.8. The van der Waals surface area contributed by atoms with Gasteiger partial charge in [-0.3, -0.25) is 4.90 Å². The van der Waals surface area contributed by atoms with Crippen molar-refractivity contribution in [1.82, 2.24) is 4.90 Å².